The van der Waals surface area contributed by atoms with Crippen molar-refractivity contribution < 1.29 is 19.4 Å². The van der Waals surface area contributed by atoms with Crippen LogP contribution in [0.5, 0.6) is 0 Å². The molecule has 0 radical (unpaired) electrons. The van der Waals surface area contributed by atoms with Crippen molar-refractivity contribution in [1.29, 1.82) is 0 Å². The topological polar surface area (TPSA) is 75.6 Å². The smallest absolute Gasteiger partial charge is 0.307 e. The molecule has 0 spiro atoms. The highest BCUT2D eigenvalue weighted by molar-refractivity contribution is 5.96. The summed E-state index contributed by atoms with van der Waals surface area (Å²) >= 11 is 0. The van der Waals surface area contributed by atoms with Gasteiger partial charge in [0, 0.05) is 18.7 Å². The first-order chi connectivity index (χ1) is 8.54. The summed E-state index contributed by atoms with van der Waals surface area (Å²) in [4.78, 5) is 22.7. The summed E-state index contributed by atoms with van der Waals surface area (Å²) in [5.41, 5.74) is 0.898. The van der Waals surface area contributed by atoms with Crippen molar-refractivity contribution in [2.45, 2.75) is 19.4 Å². The minimum Gasteiger partial charge on any atom is -0.481 e. The van der Waals surface area contributed by atoms with E-state index in [0.29, 0.717) is 17.7 Å². The van der Waals surface area contributed by atoms with Crippen LogP contribution < -0.4 is 5.32 Å². The quantitative estimate of drug-likeness (QED) is 0.793. The Kier molecular flexibility index (Phi) is 5.32. The molecule has 0 aromatic heterocycles. The van der Waals surface area contributed by atoms with Crippen LogP contribution in [0, 0.1) is 0 Å². The van der Waals surface area contributed by atoms with Crippen molar-refractivity contribution in [2.75, 3.05) is 13.7 Å². The number of ether oxygens (including phenoxy) is 1. The SMILES string of the molecule is COCC(C)NC(=O)c1ccccc1CC(=O)O. The lowest BCUT2D eigenvalue weighted by Gasteiger charge is -2.14. The lowest BCUT2D eigenvalue weighted by atomic mass is 10.0. The number of rotatable bonds is 6. The first kappa shape index (κ1) is 14.2. The van der Waals surface area contributed by atoms with Crippen molar-refractivity contribution in [3.8, 4) is 0 Å². The van der Waals surface area contributed by atoms with Gasteiger partial charge in [-0.2, -0.15) is 0 Å². The molecule has 0 heterocycles. The first-order valence-corrected chi connectivity index (χ1v) is 5.64. The minimum atomic E-state index is -0.958. The number of methoxy groups -OCH3 is 1. The van der Waals surface area contributed by atoms with E-state index in [1.54, 1.807) is 31.4 Å². The van der Waals surface area contributed by atoms with Gasteiger partial charge in [-0.3, -0.25) is 9.59 Å². The number of aliphatic carboxylic acids is 1. The fourth-order valence-electron chi connectivity index (χ4n) is 1.65. The van der Waals surface area contributed by atoms with Gasteiger partial charge < -0.3 is 15.2 Å². The standard InChI is InChI=1S/C13H17NO4/c1-9(8-18-2)14-13(17)11-6-4-3-5-10(11)7-12(15)16/h3-6,9H,7-8H2,1-2H3,(H,14,17)(H,15,16). The second-order valence-corrected chi connectivity index (χ2v) is 4.06. The third kappa shape index (κ3) is 4.18. The summed E-state index contributed by atoms with van der Waals surface area (Å²) in [7, 11) is 1.56. The maximum Gasteiger partial charge on any atom is 0.307 e. The molecule has 1 amide bonds. The Morgan fingerprint density at radius 2 is 2.06 bits per heavy atom. The molecule has 5 nitrogen and oxygen atoms in total. The van der Waals surface area contributed by atoms with Crippen molar-refractivity contribution in [1.82, 2.24) is 5.32 Å². The molecule has 0 saturated carbocycles. The predicted octanol–water partition coefficient (Wildman–Crippen LogP) is 1.08. The molecule has 1 aromatic carbocycles. The van der Waals surface area contributed by atoms with Gasteiger partial charge in [0.1, 0.15) is 0 Å². The van der Waals surface area contributed by atoms with Crippen LogP contribution in [-0.4, -0.2) is 36.7 Å². The lowest BCUT2D eigenvalue weighted by Crippen LogP contribution is -2.36. The van der Waals surface area contributed by atoms with Gasteiger partial charge in [-0.15, -0.1) is 0 Å². The highest BCUT2D eigenvalue weighted by Gasteiger charge is 2.14. The predicted molar refractivity (Wildman–Crippen MR) is 66.6 cm³/mol. The van der Waals surface area contributed by atoms with Gasteiger partial charge >= 0.3 is 5.97 Å². The summed E-state index contributed by atoms with van der Waals surface area (Å²) in [5, 5.41) is 11.5. The van der Waals surface area contributed by atoms with E-state index in [2.05, 4.69) is 5.32 Å². The van der Waals surface area contributed by atoms with Crippen molar-refractivity contribution >= 4 is 11.9 Å². The van der Waals surface area contributed by atoms with Gasteiger partial charge in [0.15, 0.2) is 0 Å². The molecule has 0 aliphatic carbocycles. The van der Waals surface area contributed by atoms with Crippen LogP contribution in [0.15, 0.2) is 24.3 Å². The van der Waals surface area contributed by atoms with Crippen molar-refractivity contribution in [2.24, 2.45) is 0 Å². The van der Waals surface area contributed by atoms with E-state index in [1.165, 1.54) is 0 Å². The molecule has 98 valence electrons. The number of carboxylic acid groups (broad SMARTS) is 1. The van der Waals surface area contributed by atoms with Gasteiger partial charge in [-0.1, -0.05) is 18.2 Å². The Bertz CT molecular complexity index is 431. The normalized spacial score (nSPS) is 11.9. The molecule has 1 atom stereocenters. The minimum absolute atomic E-state index is 0.125. The molecule has 1 rings (SSSR count). The zero-order chi connectivity index (χ0) is 13.5. The Balaban J connectivity index is 2.81. The lowest BCUT2D eigenvalue weighted by molar-refractivity contribution is -0.136. The molecule has 5 heteroatoms. The number of carboxylic acids is 1. The highest BCUT2D eigenvalue weighted by atomic mass is 16.5. The van der Waals surface area contributed by atoms with Gasteiger partial charge in [-0.25, -0.2) is 0 Å². The molecule has 0 fully saturated rings. The maximum atomic E-state index is 12.0. The third-order valence-corrected chi connectivity index (χ3v) is 2.40. The van der Waals surface area contributed by atoms with Crippen molar-refractivity contribution in [3.05, 3.63) is 35.4 Å². The van der Waals surface area contributed by atoms with Crippen LogP contribution in [0.3, 0.4) is 0 Å². The van der Waals surface area contributed by atoms with E-state index in [9.17, 15) is 9.59 Å². The second-order valence-electron chi connectivity index (χ2n) is 4.06. The third-order valence-electron chi connectivity index (χ3n) is 2.40. The Morgan fingerprint density at radius 1 is 1.39 bits per heavy atom. The average Bonchev–Trinajstić information content (AvgIpc) is 2.28. The monoisotopic (exact) mass is 251 g/mol. The highest BCUT2D eigenvalue weighted by Crippen LogP contribution is 2.10. The first-order valence-electron chi connectivity index (χ1n) is 5.64. The van der Waals surface area contributed by atoms with E-state index in [1.807, 2.05) is 6.92 Å². The number of nitrogens with one attached hydrogen (secondary N) is 1. The summed E-state index contributed by atoms with van der Waals surface area (Å²) in [6, 6.07) is 6.56. The van der Waals surface area contributed by atoms with Crippen LogP contribution in [0.1, 0.15) is 22.8 Å². The molecule has 0 bridgehead atoms. The molecule has 0 saturated heterocycles. The maximum absolute atomic E-state index is 12.0. The summed E-state index contributed by atoms with van der Waals surface area (Å²) in [6.45, 7) is 2.23. The fourth-order valence-corrected chi connectivity index (χ4v) is 1.65. The number of hydrogen-bond donors (Lipinski definition) is 2. The van der Waals surface area contributed by atoms with E-state index >= 15 is 0 Å². The number of benzene rings is 1. The number of hydrogen-bond acceptors (Lipinski definition) is 3. The Morgan fingerprint density at radius 3 is 2.67 bits per heavy atom. The van der Waals surface area contributed by atoms with Gasteiger partial charge in [0.05, 0.1) is 13.0 Å². The van der Waals surface area contributed by atoms with Crippen LogP contribution in [-0.2, 0) is 16.0 Å². The fraction of sp³-hybridized carbons (Fsp3) is 0.385. The number of carbonyl (C=O) groups is 2. The summed E-state index contributed by atoms with van der Waals surface area (Å²) < 4.78 is 4.93. The molecule has 0 aliphatic rings. The van der Waals surface area contributed by atoms with E-state index in [4.69, 9.17) is 9.84 Å². The van der Waals surface area contributed by atoms with E-state index in [0.717, 1.165) is 0 Å². The molecule has 1 aromatic rings. The molecule has 1 unspecified atom stereocenters. The zero-order valence-corrected chi connectivity index (χ0v) is 10.5. The Labute approximate surface area is 106 Å². The Hall–Kier alpha value is -1.88. The summed E-state index contributed by atoms with van der Waals surface area (Å²) in [6.07, 6.45) is -0.164. The van der Waals surface area contributed by atoms with Gasteiger partial charge in [0.25, 0.3) is 5.91 Å². The van der Waals surface area contributed by atoms with Crippen LogP contribution >= 0.6 is 0 Å². The number of amides is 1. The molecular formula is C13H17NO4. The molecular weight excluding hydrogens is 234 g/mol. The largest absolute Gasteiger partial charge is 0.481 e. The second kappa shape index (κ2) is 6.76. The van der Waals surface area contributed by atoms with E-state index in [-0.39, 0.29) is 18.4 Å². The summed E-state index contributed by atoms with van der Waals surface area (Å²) in [5.74, 6) is -1.24. The van der Waals surface area contributed by atoms with E-state index < -0.39 is 5.97 Å². The van der Waals surface area contributed by atoms with Crippen molar-refractivity contribution in [3.63, 3.8) is 0 Å². The molecule has 18 heavy (non-hydrogen) atoms. The number of carbonyl (C=O) groups excluding carboxylic acids is 1. The van der Waals surface area contributed by atoms with Crippen LogP contribution in [0.4, 0.5) is 0 Å². The van der Waals surface area contributed by atoms with Crippen LogP contribution in [0.25, 0.3) is 0 Å². The van der Waals surface area contributed by atoms with Gasteiger partial charge in [-0.05, 0) is 18.6 Å². The van der Waals surface area contributed by atoms with Gasteiger partial charge in [0.2, 0.25) is 0 Å². The molecule has 0 aliphatic heterocycles. The molecule has 2 N–H and O–H groups in total. The zero-order valence-electron chi connectivity index (χ0n) is 10.5. The average molecular weight is 251 g/mol. The van der Waals surface area contributed by atoms with Crippen LogP contribution in [0.2, 0.25) is 0 Å².